The molecule has 0 spiro atoms. The Balaban J connectivity index is 2.56. The highest BCUT2D eigenvalue weighted by Crippen LogP contribution is 2.39. The summed E-state index contributed by atoms with van der Waals surface area (Å²) in [5.41, 5.74) is 1.83. The van der Waals surface area contributed by atoms with Crippen LogP contribution in [0.1, 0.15) is 56.3 Å². The van der Waals surface area contributed by atoms with Crippen molar-refractivity contribution in [2.45, 2.75) is 59.2 Å². The maximum atomic E-state index is 13.4. The molecule has 0 saturated carbocycles. The average Bonchev–Trinajstić information content (AvgIpc) is 2.94. The first-order valence-electron chi connectivity index (χ1n) is 7.99. The molecule has 2 rings (SSSR count). The Hall–Kier alpha value is -1.78. The van der Waals surface area contributed by atoms with E-state index in [-0.39, 0.29) is 11.6 Å². The molecule has 0 N–H and O–H groups in total. The molecule has 23 heavy (non-hydrogen) atoms. The van der Waals surface area contributed by atoms with Crippen LogP contribution < -0.4 is 0 Å². The van der Waals surface area contributed by atoms with Crippen LogP contribution in [-0.2, 0) is 12.6 Å². The highest BCUT2D eigenvalue weighted by molar-refractivity contribution is 5.68. The molecule has 0 fully saturated rings. The lowest BCUT2D eigenvalue weighted by Gasteiger charge is -2.16. The molecular formula is C18H23F3N2. The highest BCUT2D eigenvalue weighted by Gasteiger charge is 2.34. The summed E-state index contributed by atoms with van der Waals surface area (Å²) in [4.78, 5) is 0. The minimum atomic E-state index is -4.37. The normalized spacial score (nSPS) is 12.2. The second-order valence-corrected chi connectivity index (χ2v) is 6.23. The van der Waals surface area contributed by atoms with Gasteiger partial charge in [-0.3, -0.25) is 4.68 Å². The van der Waals surface area contributed by atoms with Crippen molar-refractivity contribution in [3.63, 3.8) is 0 Å². The number of alkyl halides is 3. The van der Waals surface area contributed by atoms with E-state index in [4.69, 9.17) is 0 Å². The molecule has 0 aliphatic carbocycles. The Morgan fingerprint density at radius 2 is 1.91 bits per heavy atom. The Kier molecular flexibility index (Phi) is 5.17. The summed E-state index contributed by atoms with van der Waals surface area (Å²) in [5, 5.41) is 4.18. The minimum absolute atomic E-state index is 0.114. The number of unbranched alkanes of at least 4 members (excludes halogenated alkanes) is 1. The van der Waals surface area contributed by atoms with Crippen LogP contribution in [0.25, 0.3) is 11.1 Å². The zero-order valence-corrected chi connectivity index (χ0v) is 14.0. The molecule has 2 aromatic rings. The molecule has 0 aliphatic rings. The molecule has 0 radical (unpaired) electrons. The van der Waals surface area contributed by atoms with Crippen molar-refractivity contribution in [1.82, 2.24) is 9.78 Å². The van der Waals surface area contributed by atoms with Gasteiger partial charge < -0.3 is 0 Å². The van der Waals surface area contributed by atoms with Crippen molar-refractivity contribution in [3.05, 3.63) is 41.2 Å². The fourth-order valence-corrected chi connectivity index (χ4v) is 2.62. The molecule has 0 saturated heterocycles. The van der Waals surface area contributed by atoms with E-state index < -0.39 is 11.7 Å². The van der Waals surface area contributed by atoms with E-state index in [2.05, 4.69) is 12.0 Å². The van der Waals surface area contributed by atoms with Crippen LogP contribution in [-0.4, -0.2) is 9.78 Å². The van der Waals surface area contributed by atoms with Gasteiger partial charge in [0.15, 0.2) is 0 Å². The molecule has 5 heteroatoms. The van der Waals surface area contributed by atoms with Crippen molar-refractivity contribution in [2.24, 2.45) is 0 Å². The highest BCUT2D eigenvalue weighted by atomic mass is 19.4. The third-order valence-electron chi connectivity index (χ3n) is 4.02. The lowest BCUT2D eigenvalue weighted by molar-refractivity contribution is -0.137. The molecule has 0 atom stereocenters. The van der Waals surface area contributed by atoms with Gasteiger partial charge in [-0.15, -0.1) is 0 Å². The Morgan fingerprint density at radius 3 is 2.43 bits per heavy atom. The summed E-state index contributed by atoms with van der Waals surface area (Å²) in [6, 6.07) is 3.07. The van der Waals surface area contributed by atoms with Gasteiger partial charge in [-0.05, 0) is 56.4 Å². The van der Waals surface area contributed by atoms with Gasteiger partial charge in [0.2, 0.25) is 0 Å². The van der Waals surface area contributed by atoms with Crippen LogP contribution >= 0.6 is 0 Å². The summed E-state index contributed by atoms with van der Waals surface area (Å²) in [5.74, 6) is 0. The fourth-order valence-electron chi connectivity index (χ4n) is 2.62. The Morgan fingerprint density at radius 1 is 1.22 bits per heavy atom. The molecule has 1 aromatic carbocycles. The first-order chi connectivity index (χ1) is 10.7. The van der Waals surface area contributed by atoms with Crippen molar-refractivity contribution < 1.29 is 13.2 Å². The van der Waals surface area contributed by atoms with E-state index in [1.54, 1.807) is 23.9 Å². The van der Waals surface area contributed by atoms with Crippen LogP contribution in [0.5, 0.6) is 0 Å². The molecule has 2 nitrogen and oxygen atoms in total. The zero-order valence-electron chi connectivity index (χ0n) is 14.0. The summed E-state index contributed by atoms with van der Waals surface area (Å²) < 4.78 is 42.0. The van der Waals surface area contributed by atoms with Gasteiger partial charge in [0, 0.05) is 17.8 Å². The summed E-state index contributed by atoms with van der Waals surface area (Å²) >= 11 is 0. The van der Waals surface area contributed by atoms with Crippen LogP contribution in [0.4, 0.5) is 13.2 Å². The summed E-state index contributed by atoms with van der Waals surface area (Å²) in [6.07, 6.45) is 1.62. The van der Waals surface area contributed by atoms with Crippen LogP contribution in [0.15, 0.2) is 24.5 Å². The quantitative estimate of drug-likeness (QED) is 0.679. The molecule has 1 heterocycles. The first-order valence-corrected chi connectivity index (χ1v) is 7.99. The average molecular weight is 324 g/mol. The molecular weight excluding hydrogens is 301 g/mol. The number of aromatic nitrogens is 2. The van der Waals surface area contributed by atoms with Gasteiger partial charge in [0.25, 0.3) is 0 Å². The number of aryl methyl sites for hydroxylation is 2. The van der Waals surface area contributed by atoms with E-state index in [9.17, 15) is 13.2 Å². The van der Waals surface area contributed by atoms with Crippen LogP contribution in [0.3, 0.4) is 0 Å². The molecule has 0 amide bonds. The van der Waals surface area contributed by atoms with E-state index in [1.165, 1.54) is 12.3 Å². The molecule has 0 unspecified atom stereocenters. The molecule has 0 aliphatic heterocycles. The van der Waals surface area contributed by atoms with Gasteiger partial charge >= 0.3 is 6.18 Å². The number of nitrogens with zero attached hydrogens (tertiary/aromatic N) is 2. The second kappa shape index (κ2) is 6.77. The van der Waals surface area contributed by atoms with Gasteiger partial charge in [0.1, 0.15) is 0 Å². The largest absolute Gasteiger partial charge is 0.417 e. The van der Waals surface area contributed by atoms with E-state index in [1.807, 2.05) is 13.8 Å². The Labute approximate surface area is 135 Å². The van der Waals surface area contributed by atoms with Crippen LogP contribution in [0.2, 0.25) is 0 Å². The van der Waals surface area contributed by atoms with Crippen molar-refractivity contribution >= 4 is 0 Å². The van der Waals surface area contributed by atoms with E-state index >= 15 is 0 Å². The monoisotopic (exact) mass is 324 g/mol. The number of rotatable bonds is 5. The number of halogens is 3. The number of hydrogen-bond acceptors (Lipinski definition) is 1. The van der Waals surface area contributed by atoms with Crippen molar-refractivity contribution in [1.29, 1.82) is 0 Å². The smallest absolute Gasteiger partial charge is 0.270 e. The van der Waals surface area contributed by atoms with Crippen molar-refractivity contribution in [3.8, 4) is 11.1 Å². The zero-order chi connectivity index (χ0) is 17.2. The summed E-state index contributed by atoms with van der Waals surface area (Å²) in [6.45, 7) is 7.72. The van der Waals surface area contributed by atoms with Gasteiger partial charge in [-0.25, -0.2) is 0 Å². The van der Waals surface area contributed by atoms with Gasteiger partial charge in [0.05, 0.1) is 11.8 Å². The standard InChI is InChI=1S/C18H23F3N2/c1-5-6-7-14-9-16(15-10-22-23(11-15)12(2)3)17(8-13(14)4)18(19,20)21/h8-12H,5-7H2,1-4H3. The predicted octanol–water partition coefficient (Wildman–Crippen LogP) is 5.80. The molecule has 126 valence electrons. The minimum Gasteiger partial charge on any atom is -0.270 e. The maximum absolute atomic E-state index is 13.4. The van der Waals surface area contributed by atoms with E-state index in [0.29, 0.717) is 11.1 Å². The lowest BCUT2D eigenvalue weighted by atomic mass is 9.93. The lowest BCUT2D eigenvalue weighted by Crippen LogP contribution is -2.09. The maximum Gasteiger partial charge on any atom is 0.417 e. The third-order valence-corrected chi connectivity index (χ3v) is 4.02. The van der Waals surface area contributed by atoms with Crippen molar-refractivity contribution in [2.75, 3.05) is 0 Å². The Bertz CT molecular complexity index is 669. The fraction of sp³-hybridized carbons (Fsp3) is 0.500. The van der Waals surface area contributed by atoms with Gasteiger partial charge in [-0.2, -0.15) is 18.3 Å². The van der Waals surface area contributed by atoms with Gasteiger partial charge in [-0.1, -0.05) is 19.4 Å². The third kappa shape index (κ3) is 3.95. The predicted molar refractivity (Wildman–Crippen MR) is 86.4 cm³/mol. The molecule has 0 bridgehead atoms. The number of benzene rings is 1. The molecule has 1 aromatic heterocycles. The SMILES string of the molecule is CCCCc1cc(-c2cnn(C(C)C)c2)c(C(F)(F)F)cc1C. The number of hydrogen-bond donors (Lipinski definition) is 0. The first kappa shape index (κ1) is 17.6. The van der Waals surface area contributed by atoms with Crippen LogP contribution in [0, 0.1) is 6.92 Å². The topological polar surface area (TPSA) is 17.8 Å². The summed E-state index contributed by atoms with van der Waals surface area (Å²) in [7, 11) is 0. The van der Waals surface area contributed by atoms with E-state index in [0.717, 1.165) is 24.8 Å². The second-order valence-electron chi connectivity index (χ2n) is 6.23.